The van der Waals surface area contributed by atoms with E-state index in [1.807, 2.05) is 29.2 Å². The van der Waals surface area contributed by atoms with Crippen LogP contribution in [0.2, 0.25) is 10.0 Å². The summed E-state index contributed by atoms with van der Waals surface area (Å²) in [5.74, 6) is 1.99. The Morgan fingerprint density at radius 2 is 1.81 bits per heavy atom. The number of piperidine rings is 1. The number of amides is 1. The zero-order valence-corrected chi connectivity index (χ0v) is 19.4. The van der Waals surface area contributed by atoms with Gasteiger partial charge in [0.05, 0.1) is 30.7 Å². The number of halogens is 2. The SMILES string of the molecule is COc1ccc(OCCCC(=O)N2CCC3(CC2)CC(=O)c2cc(Cl)cc(Cl)c2O3)cc1. The fourth-order valence-corrected chi connectivity index (χ4v) is 4.73. The normalized spacial score (nSPS) is 17.0. The van der Waals surface area contributed by atoms with E-state index in [4.69, 9.17) is 37.4 Å². The monoisotopic (exact) mass is 477 g/mol. The Balaban J connectivity index is 1.26. The van der Waals surface area contributed by atoms with Gasteiger partial charge in [-0.2, -0.15) is 0 Å². The van der Waals surface area contributed by atoms with Crippen LogP contribution in [-0.2, 0) is 4.79 Å². The van der Waals surface area contributed by atoms with E-state index in [-0.39, 0.29) is 18.1 Å². The molecule has 32 heavy (non-hydrogen) atoms. The number of rotatable bonds is 6. The van der Waals surface area contributed by atoms with Crippen molar-refractivity contribution >= 4 is 34.9 Å². The molecule has 0 unspecified atom stereocenters. The van der Waals surface area contributed by atoms with E-state index in [2.05, 4.69) is 0 Å². The number of ketones is 1. The maximum absolute atomic E-state index is 12.7. The molecule has 0 bridgehead atoms. The molecule has 2 aliphatic heterocycles. The number of methoxy groups -OCH3 is 1. The van der Waals surface area contributed by atoms with E-state index >= 15 is 0 Å². The van der Waals surface area contributed by atoms with Crippen LogP contribution in [0.1, 0.15) is 42.5 Å². The summed E-state index contributed by atoms with van der Waals surface area (Å²) in [6.45, 7) is 1.56. The summed E-state index contributed by atoms with van der Waals surface area (Å²) in [7, 11) is 1.62. The minimum atomic E-state index is -0.615. The highest BCUT2D eigenvalue weighted by atomic mass is 35.5. The van der Waals surface area contributed by atoms with Crippen molar-refractivity contribution in [3.63, 3.8) is 0 Å². The van der Waals surface area contributed by atoms with Crippen molar-refractivity contribution in [1.29, 1.82) is 0 Å². The zero-order chi connectivity index (χ0) is 22.7. The van der Waals surface area contributed by atoms with Gasteiger partial charge < -0.3 is 19.1 Å². The maximum atomic E-state index is 12.7. The minimum Gasteiger partial charge on any atom is -0.497 e. The van der Waals surface area contributed by atoms with Crippen molar-refractivity contribution in [2.24, 2.45) is 0 Å². The molecule has 0 aliphatic carbocycles. The van der Waals surface area contributed by atoms with Crippen LogP contribution < -0.4 is 14.2 Å². The lowest BCUT2D eigenvalue weighted by atomic mass is 9.82. The number of hydrogen-bond donors (Lipinski definition) is 0. The van der Waals surface area contributed by atoms with Gasteiger partial charge in [-0.1, -0.05) is 23.2 Å². The number of Topliss-reactive ketones (excluding diaryl/α,β-unsaturated/α-hetero) is 1. The standard InChI is InChI=1S/C24H25Cl2NO5/c1-30-17-4-6-18(7-5-17)31-12-2-3-22(29)27-10-8-24(9-11-27)15-21(28)19-13-16(25)14-20(26)23(19)32-24/h4-7,13-14H,2-3,8-12,15H2,1H3. The van der Waals surface area contributed by atoms with Gasteiger partial charge in [0.1, 0.15) is 22.8 Å². The summed E-state index contributed by atoms with van der Waals surface area (Å²) in [4.78, 5) is 27.2. The number of nitrogens with zero attached hydrogens (tertiary/aromatic N) is 1. The van der Waals surface area contributed by atoms with Crippen LogP contribution in [-0.4, -0.2) is 49.0 Å². The molecule has 0 radical (unpaired) electrons. The quantitative estimate of drug-likeness (QED) is 0.535. The highest BCUT2D eigenvalue weighted by molar-refractivity contribution is 6.36. The van der Waals surface area contributed by atoms with Crippen LogP contribution in [0.4, 0.5) is 0 Å². The molecular weight excluding hydrogens is 453 g/mol. The number of fused-ring (bicyclic) bond motifs is 1. The molecule has 0 saturated carbocycles. The van der Waals surface area contributed by atoms with E-state index in [9.17, 15) is 9.59 Å². The molecule has 1 saturated heterocycles. The summed E-state index contributed by atoms with van der Waals surface area (Å²) < 4.78 is 17.0. The van der Waals surface area contributed by atoms with Gasteiger partial charge in [0.25, 0.3) is 0 Å². The van der Waals surface area contributed by atoms with E-state index < -0.39 is 5.60 Å². The Labute approximate surface area is 197 Å². The third kappa shape index (κ3) is 4.97. The van der Waals surface area contributed by atoms with Crippen molar-refractivity contribution in [1.82, 2.24) is 4.90 Å². The zero-order valence-electron chi connectivity index (χ0n) is 17.9. The minimum absolute atomic E-state index is 0.0221. The first-order valence-electron chi connectivity index (χ1n) is 10.6. The highest BCUT2D eigenvalue weighted by Crippen LogP contribution is 2.44. The highest BCUT2D eigenvalue weighted by Gasteiger charge is 2.44. The fraction of sp³-hybridized carbons (Fsp3) is 0.417. The molecule has 2 aromatic carbocycles. The molecular formula is C24H25Cl2NO5. The lowest BCUT2D eigenvalue weighted by Crippen LogP contribution is -2.52. The molecule has 1 spiro atoms. The number of likely N-dealkylation sites (tertiary alicyclic amines) is 1. The Kier molecular flexibility index (Phi) is 6.82. The molecule has 0 N–H and O–H groups in total. The van der Waals surface area contributed by atoms with E-state index in [0.29, 0.717) is 66.7 Å². The summed E-state index contributed by atoms with van der Waals surface area (Å²) in [5.41, 5.74) is -0.181. The molecule has 1 fully saturated rings. The Bertz CT molecular complexity index is 1000. The van der Waals surface area contributed by atoms with Gasteiger partial charge in [-0.25, -0.2) is 0 Å². The number of carbonyl (C=O) groups excluding carboxylic acids is 2. The largest absolute Gasteiger partial charge is 0.497 e. The summed E-state index contributed by atoms with van der Waals surface area (Å²) in [6.07, 6.45) is 2.49. The number of carbonyl (C=O) groups is 2. The van der Waals surface area contributed by atoms with Crippen LogP contribution >= 0.6 is 23.2 Å². The van der Waals surface area contributed by atoms with E-state index in [1.54, 1.807) is 19.2 Å². The van der Waals surface area contributed by atoms with E-state index in [1.165, 1.54) is 0 Å². The molecule has 8 heteroatoms. The van der Waals surface area contributed by atoms with Gasteiger partial charge in [0.2, 0.25) is 5.91 Å². The molecule has 4 rings (SSSR count). The number of ether oxygens (including phenoxy) is 3. The van der Waals surface area contributed by atoms with Gasteiger partial charge in [0.15, 0.2) is 5.78 Å². The molecule has 2 aliphatic rings. The van der Waals surface area contributed by atoms with Crippen molar-refractivity contribution in [3.8, 4) is 17.2 Å². The number of hydrogen-bond acceptors (Lipinski definition) is 5. The second-order valence-electron chi connectivity index (χ2n) is 8.16. The Morgan fingerprint density at radius 3 is 2.50 bits per heavy atom. The van der Waals surface area contributed by atoms with Crippen molar-refractivity contribution in [2.45, 2.75) is 37.7 Å². The van der Waals surface area contributed by atoms with Gasteiger partial charge in [-0.3, -0.25) is 9.59 Å². The topological polar surface area (TPSA) is 65.1 Å². The van der Waals surface area contributed by atoms with Gasteiger partial charge in [0, 0.05) is 37.4 Å². The van der Waals surface area contributed by atoms with Crippen molar-refractivity contribution in [3.05, 3.63) is 52.0 Å². The molecule has 2 heterocycles. The predicted octanol–water partition coefficient (Wildman–Crippen LogP) is 5.19. The van der Waals surface area contributed by atoms with Gasteiger partial charge in [-0.05, 0) is 42.8 Å². The van der Waals surface area contributed by atoms with Crippen LogP contribution in [0, 0.1) is 0 Å². The molecule has 6 nitrogen and oxygen atoms in total. The average Bonchev–Trinajstić information content (AvgIpc) is 2.78. The van der Waals surface area contributed by atoms with Gasteiger partial charge >= 0.3 is 0 Å². The predicted molar refractivity (Wildman–Crippen MR) is 122 cm³/mol. The Hall–Kier alpha value is -2.44. The second-order valence-corrected chi connectivity index (χ2v) is 9.00. The first-order valence-corrected chi connectivity index (χ1v) is 11.4. The lowest BCUT2D eigenvalue weighted by Gasteiger charge is -2.44. The average molecular weight is 478 g/mol. The van der Waals surface area contributed by atoms with Gasteiger partial charge in [-0.15, -0.1) is 0 Å². The first-order chi connectivity index (χ1) is 15.4. The Morgan fingerprint density at radius 1 is 1.12 bits per heavy atom. The molecule has 1 amide bonds. The summed E-state index contributed by atoms with van der Waals surface area (Å²) >= 11 is 12.3. The molecule has 2 aromatic rings. The fourth-order valence-electron chi connectivity index (χ4n) is 4.20. The van der Waals surface area contributed by atoms with Crippen LogP contribution in [0.3, 0.4) is 0 Å². The molecule has 0 atom stereocenters. The lowest BCUT2D eigenvalue weighted by molar-refractivity contribution is -0.135. The van der Waals surface area contributed by atoms with Crippen molar-refractivity contribution < 1.29 is 23.8 Å². The first kappa shape index (κ1) is 22.7. The summed E-state index contributed by atoms with van der Waals surface area (Å²) in [5, 5.41) is 0.758. The maximum Gasteiger partial charge on any atom is 0.222 e. The third-order valence-electron chi connectivity index (χ3n) is 6.00. The van der Waals surface area contributed by atoms with Crippen LogP contribution in [0.5, 0.6) is 17.2 Å². The molecule has 170 valence electrons. The van der Waals surface area contributed by atoms with Crippen LogP contribution in [0.25, 0.3) is 0 Å². The third-order valence-corrected chi connectivity index (χ3v) is 6.50. The van der Waals surface area contributed by atoms with Crippen LogP contribution in [0.15, 0.2) is 36.4 Å². The second kappa shape index (κ2) is 9.59. The summed E-state index contributed by atoms with van der Waals surface area (Å²) in [6, 6.07) is 10.5. The number of benzene rings is 2. The van der Waals surface area contributed by atoms with Crippen molar-refractivity contribution in [2.75, 3.05) is 26.8 Å². The smallest absolute Gasteiger partial charge is 0.222 e. The molecule has 0 aromatic heterocycles. The van der Waals surface area contributed by atoms with E-state index in [0.717, 1.165) is 11.5 Å².